The molecule has 0 aliphatic rings. The fourth-order valence-electron chi connectivity index (χ4n) is 1.18. The Bertz CT molecular complexity index is 425. The number of hydrogen-bond donors (Lipinski definition) is 1. The molecule has 0 atom stereocenters. The molecule has 0 aliphatic carbocycles. The van der Waals surface area contributed by atoms with Crippen LogP contribution in [0.3, 0.4) is 0 Å². The smallest absolute Gasteiger partial charge is 0.251 e. The van der Waals surface area contributed by atoms with E-state index in [0.717, 1.165) is 12.1 Å². The van der Waals surface area contributed by atoms with E-state index in [1.807, 2.05) is 0 Å². The van der Waals surface area contributed by atoms with Gasteiger partial charge < -0.3 is 5.32 Å². The van der Waals surface area contributed by atoms with E-state index in [9.17, 15) is 18.4 Å². The number of alkyl halides is 1. The summed E-state index contributed by atoms with van der Waals surface area (Å²) in [6.07, 6.45) is 0. The molecule has 0 saturated heterocycles. The SMILES string of the molecule is CNC(=O)c1cc(F)c(C(=O)CBr)c(F)c1. The van der Waals surface area contributed by atoms with Gasteiger partial charge in [0.2, 0.25) is 0 Å². The maximum atomic E-state index is 13.4. The van der Waals surface area contributed by atoms with Crippen LogP contribution in [0.5, 0.6) is 0 Å². The first-order valence-electron chi connectivity index (χ1n) is 4.31. The van der Waals surface area contributed by atoms with Crippen LogP contribution >= 0.6 is 15.9 Å². The van der Waals surface area contributed by atoms with Gasteiger partial charge in [-0.3, -0.25) is 9.59 Å². The van der Waals surface area contributed by atoms with Gasteiger partial charge in [-0.25, -0.2) is 8.78 Å². The largest absolute Gasteiger partial charge is 0.355 e. The third-order valence-electron chi connectivity index (χ3n) is 1.93. The molecule has 6 heteroatoms. The van der Waals surface area contributed by atoms with Crippen molar-refractivity contribution < 1.29 is 18.4 Å². The Morgan fingerprint density at radius 1 is 1.31 bits per heavy atom. The highest BCUT2D eigenvalue weighted by Crippen LogP contribution is 2.17. The van der Waals surface area contributed by atoms with E-state index in [0.29, 0.717) is 0 Å². The Labute approximate surface area is 99.0 Å². The number of carbonyl (C=O) groups is 2. The molecular weight excluding hydrogens is 284 g/mol. The van der Waals surface area contributed by atoms with Crippen molar-refractivity contribution in [3.05, 3.63) is 34.9 Å². The van der Waals surface area contributed by atoms with E-state index in [-0.39, 0.29) is 10.9 Å². The number of carbonyl (C=O) groups excluding carboxylic acids is 2. The lowest BCUT2D eigenvalue weighted by molar-refractivity contribution is 0.0958. The van der Waals surface area contributed by atoms with Gasteiger partial charge in [0.15, 0.2) is 5.78 Å². The van der Waals surface area contributed by atoms with Crippen molar-refractivity contribution in [1.82, 2.24) is 5.32 Å². The first-order valence-corrected chi connectivity index (χ1v) is 5.43. The summed E-state index contributed by atoms with van der Waals surface area (Å²) in [5.74, 6) is -3.40. The zero-order chi connectivity index (χ0) is 12.3. The summed E-state index contributed by atoms with van der Waals surface area (Å²) in [7, 11) is 1.34. The number of halogens is 3. The first-order chi connectivity index (χ1) is 7.51. The van der Waals surface area contributed by atoms with Crippen LogP contribution in [0.2, 0.25) is 0 Å². The lowest BCUT2D eigenvalue weighted by atomic mass is 10.1. The second-order valence-electron chi connectivity index (χ2n) is 2.95. The monoisotopic (exact) mass is 291 g/mol. The third-order valence-corrected chi connectivity index (χ3v) is 2.44. The minimum atomic E-state index is -1.04. The molecule has 0 unspecified atom stereocenters. The Hall–Kier alpha value is -1.30. The number of nitrogens with one attached hydrogen (secondary N) is 1. The minimum Gasteiger partial charge on any atom is -0.355 e. The summed E-state index contributed by atoms with van der Waals surface area (Å²) in [6.45, 7) is 0. The van der Waals surface area contributed by atoms with Crippen molar-refractivity contribution in [1.29, 1.82) is 0 Å². The molecule has 16 heavy (non-hydrogen) atoms. The predicted octanol–water partition coefficient (Wildman–Crippen LogP) is 1.90. The minimum absolute atomic E-state index is 0.163. The van der Waals surface area contributed by atoms with Crippen molar-refractivity contribution in [2.75, 3.05) is 12.4 Å². The molecule has 0 aliphatic heterocycles. The zero-order valence-corrected chi connectivity index (χ0v) is 9.90. The Morgan fingerprint density at radius 3 is 2.19 bits per heavy atom. The van der Waals surface area contributed by atoms with Gasteiger partial charge in [-0.1, -0.05) is 15.9 Å². The number of benzene rings is 1. The van der Waals surface area contributed by atoms with Gasteiger partial charge in [0.1, 0.15) is 11.6 Å². The van der Waals surface area contributed by atoms with Gasteiger partial charge >= 0.3 is 0 Å². The average Bonchev–Trinajstić information content (AvgIpc) is 2.26. The van der Waals surface area contributed by atoms with E-state index in [2.05, 4.69) is 21.2 Å². The van der Waals surface area contributed by atoms with E-state index in [4.69, 9.17) is 0 Å². The van der Waals surface area contributed by atoms with Crippen LogP contribution in [0, 0.1) is 11.6 Å². The molecule has 0 heterocycles. The molecule has 0 saturated carbocycles. The Morgan fingerprint density at radius 2 is 1.81 bits per heavy atom. The van der Waals surface area contributed by atoms with Crippen LogP contribution in [0.15, 0.2) is 12.1 Å². The van der Waals surface area contributed by atoms with Crippen molar-refractivity contribution in [3.63, 3.8) is 0 Å². The average molecular weight is 292 g/mol. The lowest BCUT2D eigenvalue weighted by Crippen LogP contribution is -2.19. The summed E-state index contributed by atoms with van der Waals surface area (Å²) in [5.41, 5.74) is -0.798. The van der Waals surface area contributed by atoms with Crippen molar-refractivity contribution in [3.8, 4) is 0 Å². The van der Waals surface area contributed by atoms with Gasteiger partial charge in [0.05, 0.1) is 10.9 Å². The molecule has 0 fully saturated rings. The fraction of sp³-hybridized carbons (Fsp3) is 0.200. The van der Waals surface area contributed by atoms with Crippen LogP contribution in [0.1, 0.15) is 20.7 Å². The molecule has 0 radical (unpaired) electrons. The second kappa shape index (κ2) is 5.16. The fourth-order valence-corrected chi connectivity index (χ4v) is 1.46. The zero-order valence-electron chi connectivity index (χ0n) is 8.31. The standard InChI is InChI=1S/C10H8BrF2NO2/c1-14-10(16)5-2-6(12)9(7(13)3-5)8(15)4-11/h2-3H,4H2,1H3,(H,14,16). The summed E-state index contributed by atoms with van der Waals surface area (Å²) >= 11 is 2.82. The number of amides is 1. The molecule has 1 N–H and O–H groups in total. The van der Waals surface area contributed by atoms with Gasteiger partial charge in [-0.2, -0.15) is 0 Å². The van der Waals surface area contributed by atoms with Crippen LogP contribution in [0.25, 0.3) is 0 Å². The molecule has 1 amide bonds. The summed E-state index contributed by atoms with van der Waals surface area (Å²) < 4.78 is 26.8. The molecule has 1 aromatic carbocycles. The van der Waals surface area contributed by atoms with Gasteiger partial charge in [-0.15, -0.1) is 0 Å². The normalized spacial score (nSPS) is 10.0. The molecule has 3 nitrogen and oxygen atoms in total. The van der Waals surface area contributed by atoms with E-state index in [1.165, 1.54) is 7.05 Å². The number of Topliss-reactive ketones (excluding diaryl/α,β-unsaturated/α-hetero) is 1. The second-order valence-corrected chi connectivity index (χ2v) is 3.51. The molecule has 86 valence electrons. The van der Waals surface area contributed by atoms with Crippen LogP contribution in [-0.4, -0.2) is 24.1 Å². The highest BCUT2D eigenvalue weighted by atomic mass is 79.9. The molecule has 1 rings (SSSR count). The highest BCUT2D eigenvalue weighted by molar-refractivity contribution is 9.09. The molecule has 0 spiro atoms. The van der Waals surface area contributed by atoms with Crippen molar-refractivity contribution >= 4 is 27.6 Å². The van der Waals surface area contributed by atoms with Crippen LogP contribution < -0.4 is 5.32 Å². The molecule has 1 aromatic rings. The Balaban J connectivity index is 3.28. The lowest BCUT2D eigenvalue weighted by Gasteiger charge is -2.05. The highest BCUT2D eigenvalue weighted by Gasteiger charge is 2.19. The number of hydrogen-bond acceptors (Lipinski definition) is 2. The van der Waals surface area contributed by atoms with Crippen LogP contribution in [-0.2, 0) is 0 Å². The maximum Gasteiger partial charge on any atom is 0.251 e. The van der Waals surface area contributed by atoms with Crippen molar-refractivity contribution in [2.45, 2.75) is 0 Å². The molecule has 0 bridgehead atoms. The van der Waals surface area contributed by atoms with Gasteiger partial charge in [0, 0.05) is 12.6 Å². The number of rotatable bonds is 3. The quantitative estimate of drug-likeness (QED) is 0.683. The summed E-state index contributed by atoms with van der Waals surface area (Å²) in [5, 5.41) is 2.05. The van der Waals surface area contributed by atoms with E-state index < -0.39 is 28.9 Å². The Kier molecular flexibility index (Phi) is 4.12. The maximum absolute atomic E-state index is 13.4. The first kappa shape index (κ1) is 12.8. The van der Waals surface area contributed by atoms with Crippen LogP contribution in [0.4, 0.5) is 8.78 Å². The van der Waals surface area contributed by atoms with Gasteiger partial charge in [-0.05, 0) is 12.1 Å². The van der Waals surface area contributed by atoms with E-state index >= 15 is 0 Å². The van der Waals surface area contributed by atoms with E-state index in [1.54, 1.807) is 0 Å². The summed E-state index contributed by atoms with van der Waals surface area (Å²) in [6, 6.07) is 1.66. The van der Waals surface area contributed by atoms with Gasteiger partial charge in [0.25, 0.3) is 5.91 Å². The number of ketones is 1. The topological polar surface area (TPSA) is 46.2 Å². The summed E-state index contributed by atoms with van der Waals surface area (Å²) in [4.78, 5) is 22.3. The molecule has 0 aromatic heterocycles. The third kappa shape index (κ3) is 2.44. The van der Waals surface area contributed by atoms with Crippen molar-refractivity contribution in [2.24, 2.45) is 0 Å². The molecular formula is C10H8BrF2NO2. The predicted molar refractivity (Wildman–Crippen MR) is 57.9 cm³/mol.